The average Bonchev–Trinajstić information content (AvgIpc) is 2.95. The van der Waals surface area contributed by atoms with Crippen LogP contribution in [0.2, 0.25) is 0 Å². The molecule has 0 radical (unpaired) electrons. The number of nitrogens with zero attached hydrogens (tertiary/aromatic N) is 2. The third-order valence-electron chi connectivity index (χ3n) is 4.17. The van der Waals surface area contributed by atoms with E-state index in [1.807, 2.05) is 26.0 Å². The first-order valence-electron chi connectivity index (χ1n) is 8.35. The van der Waals surface area contributed by atoms with Crippen LogP contribution in [0.4, 0.5) is 5.95 Å². The summed E-state index contributed by atoms with van der Waals surface area (Å²) in [5, 5.41) is 9.58. The molecule has 2 N–H and O–H groups in total. The first kappa shape index (κ1) is 16.5. The Kier molecular flexibility index (Phi) is 4.30. The van der Waals surface area contributed by atoms with Gasteiger partial charge in [0.05, 0.1) is 6.42 Å². The van der Waals surface area contributed by atoms with Crippen LogP contribution in [0.5, 0.6) is 5.75 Å². The van der Waals surface area contributed by atoms with E-state index in [0.29, 0.717) is 12.4 Å². The molecule has 2 heterocycles. The Morgan fingerprint density at radius 3 is 2.92 bits per heavy atom. The van der Waals surface area contributed by atoms with Crippen LogP contribution in [0.25, 0.3) is 0 Å². The number of carbonyl (C=O) groups is 1. The summed E-state index contributed by atoms with van der Waals surface area (Å²) in [5.41, 5.74) is 2.01. The summed E-state index contributed by atoms with van der Waals surface area (Å²) >= 11 is 0. The zero-order chi connectivity index (χ0) is 17.3. The number of amides is 1. The second-order valence-corrected chi connectivity index (χ2v) is 7.23. The molecule has 0 aliphatic carbocycles. The van der Waals surface area contributed by atoms with Gasteiger partial charge in [0, 0.05) is 5.92 Å². The van der Waals surface area contributed by atoms with E-state index >= 15 is 0 Å². The van der Waals surface area contributed by atoms with Crippen molar-refractivity contribution < 1.29 is 9.53 Å². The van der Waals surface area contributed by atoms with E-state index in [-0.39, 0.29) is 17.4 Å². The molecule has 3 rings (SSSR count). The van der Waals surface area contributed by atoms with Gasteiger partial charge in [-0.15, -0.1) is 5.10 Å². The lowest BCUT2D eigenvalue weighted by Crippen LogP contribution is -2.32. The number of hydrogen-bond donors (Lipinski definition) is 2. The van der Waals surface area contributed by atoms with Crippen LogP contribution in [-0.4, -0.2) is 26.7 Å². The van der Waals surface area contributed by atoms with Gasteiger partial charge >= 0.3 is 0 Å². The highest BCUT2D eigenvalue weighted by Gasteiger charge is 2.26. The van der Waals surface area contributed by atoms with Crippen molar-refractivity contribution in [1.29, 1.82) is 0 Å². The Morgan fingerprint density at radius 2 is 2.21 bits per heavy atom. The smallest absolute Gasteiger partial charge is 0.248 e. The average molecular weight is 328 g/mol. The van der Waals surface area contributed by atoms with E-state index in [1.54, 1.807) is 0 Å². The lowest BCUT2D eigenvalue weighted by atomic mass is 9.93. The summed E-state index contributed by atoms with van der Waals surface area (Å²) < 4.78 is 5.98. The molecule has 0 spiro atoms. The number of benzene rings is 1. The molecule has 1 aromatic heterocycles. The summed E-state index contributed by atoms with van der Waals surface area (Å²) in [5.74, 6) is 2.13. The second kappa shape index (κ2) is 6.26. The zero-order valence-corrected chi connectivity index (χ0v) is 14.6. The molecule has 1 aliphatic rings. The van der Waals surface area contributed by atoms with E-state index in [9.17, 15) is 4.79 Å². The molecule has 1 aliphatic heterocycles. The standard InChI is InChI=1S/C18H24N4O2/c1-11(2)16-20-17(22-21-16)19-15(23)10-12-5-6-14-13(9-12)7-8-18(3,4)24-14/h5-6,9,11H,7-8,10H2,1-4H3,(H2,19,20,21,22,23). The molecule has 128 valence electrons. The van der Waals surface area contributed by atoms with Gasteiger partial charge in [0.1, 0.15) is 17.2 Å². The molecule has 1 amide bonds. The third kappa shape index (κ3) is 3.75. The second-order valence-electron chi connectivity index (χ2n) is 7.23. The first-order chi connectivity index (χ1) is 11.3. The van der Waals surface area contributed by atoms with Crippen molar-refractivity contribution >= 4 is 11.9 Å². The number of anilines is 1. The highest BCUT2D eigenvalue weighted by molar-refractivity contribution is 5.90. The first-order valence-corrected chi connectivity index (χ1v) is 8.35. The van der Waals surface area contributed by atoms with Crippen molar-refractivity contribution in [3.8, 4) is 5.75 Å². The monoisotopic (exact) mass is 328 g/mol. The predicted molar refractivity (Wildman–Crippen MR) is 92.3 cm³/mol. The van der Waals surface area contributed by atoms with Gasteiger partial charge < -0.3 is 4.74 Å². The highest BCUT2D eigenvalue weighted by Crippen LogP contribution is 2.33. The van der Waals surface area contributed by atoms with Crippen molar-refractivity contribution in [2.75, 3.05) is 5.32 Å². The van der Waals surface area contributed by atoms with Gasteiger partial charge in [0.2, 0.25) is 11.9 Å². The third-order valence-corrected chi connectivity index (χ3v) is 4.17. The zero-order valence-electron chi connectivity index (χ0n) is 14.6. The van der Waals surface area contributed by atoms with Gasteiger partial charge in [-0.1, -0.05) is 26.0 Å². The van der Waals surface area contributed by atoms with Crippen LogP contribution < -0.4 is 10.1 Å². The van der Waals surface area contributed by atoms with E-state index in [2.05, 4.69) is 40.4 Å². The molecule has 6 nitrogen and oxygen atoms in total. The van der Waals surface area contributed by atoms with Crippen LogP contribution in [-0.2, 0) is 17.6 Å². The summed E-state index contributed by atoms with van der Waals surface area (Å²) in [7, 11) is 0. The number of rotatable bonds is 4. The summed E-state index contributed by atoms with van der Waals surface area (Å²) in [6.45, 7) is 8.23. The van der Waals surface area contributed by atoms with Crippen LogP contribution in [0.3, 0.4) is 0 Å². The Bertz CT molecular complexity index is 749. The number of nitrogens with one attached hydrogen (secondary N) is 2. The molecule has 2 aromatic rings. The fraction of sp³-hybridized carbons (Fsp3) is 0.500. The number of H-pyrrole nitrogens is 1. The van der Waals surface area contributed by atoms with Crippen molar-refractivity contribution in [3.05, 3.63) is 35.2 Å². The minimum Gasteiger partial charge on any atom is -0.488 e. The molecule has 6 heteroatoms. The molecule has 0 unspecified atom stereocenters. The number of carbonyl (C=O) groups excluding carboxylic acids is 1. The Labute approximate surface area is 142 Å². The van der Waals surface area contributed by atoms with Crippen molar-refractivity contribution in [2.24, 2.45) is 0 Å². The lowest BCUT2D eigenvalue weighted by molar-refractivity contribution is -0.115. The molecule has 0 saturated carbocycles. The number of aromatic nitrogens is 3. The van der Waals surface area contributed by atoms with Gasteiger partial charge in [-0.3, -0.25) is 15.2 Å². The number of aromatic amines is 1. The fourth-order valence-electron chi connectivity index (χ4n) is 2.76. The van der Waals surface area contributed by atoms with Crippen molar-refractivity contribution in [3.63, 3.8) is 0 Å². The summed E-state index contributed by atoms with van der Waals surface area (Å²) in [4.78, 5) is 16.5. The molecule has 0 fully saturated rings. The van der Waals surface area contributed by atoms with E-state index in [0.717, 1.165) is 30.0 Å². The fourth-order valence-corrected chi connectivity index (χ4v) is 2.76. The van der Waals surface area contributed by atoms with Crippen molar-refractivity contribution in [1.82, 2.24) is 15.2 Å². The quantitative estimate of drug-likeness (QED) is 0.903. The molecule has 1 aromatic carbocycles. The van der Waals surface area contributed by atoms with Gasteiger partial charge in [0.25, 0.3) is 0 Å². The Balaban J connectivity index is 1.64. The molecule has 0 bridgehead atoms. The van der Waals surface area contributed by atoms with Gasteiger partial charge in [-0.25, -0.2) is 0 Å². The topological polar surface area (TPSA) is 79.9 Å². The molecular formula is C18H24N4O2. The lowest BCUT2D eigenvalue weighted by Gasteiger charge is -2.32. The maximum atomic E-state index is 12.2. The number of fused-ring (bicyclic) bond motifs is 1. The molecule has 0 atom stereocenters. The van der Waals surface area contributed by atoms with E-state index in [1.165, 1.54) is 5.56 Å². The Hall–Kier alpha value is -2.37. The summed E-state index contributed by atoms with van der Waals surface area (Å²) in [6.07, 6.45) is 2.24. The predicted octanol–water partition coefficient (Wildman–Crippen LogP) is 3.21. The van der Waals surface area contributed by atoms with Crippen LogP contribution >= 0.6 is 0 Å². The van der Waals surface area contributed by atoms with Crippen LogP contribution in [0, 0.1) is 0 Å². The van der Waals surface area contributed by atoms with Crippen molar-refractivity contribution in [2.45, 2.75) is 58.5 Å². The molecule has 0 saturated heterocycles. The van der Waals surface area contributed by atoms with Crippen LogP contribution in [0.15, 0.2) is 18.2 Å². The normalized spacial score (nSPS) is 15.7. The largest absolute Gasteiger partial charge is 0.488 e. The van der Waals surface area contributed by atoms with Gasteiger partial charge in [-0.2, -0.15) is 4.98 Å². The van der Waals surface area contributed by atoms with E-state index in [4.69, 9.17) is 4.74 Å². The van der Waals surface area contributed by atoms with Gasteiger partial charge in [-0.05, 0) is 43.9 Å². The van der Waals surface area contributed by atoms with Gasteiger partial charge in [0.15, 0.2) is 0 Å². The molecule has 24 heavy (non-hydrogen) atoms. The SMILES string of the molecule is CC(C)c1nc(NC(=O)Cc2ccc3c(c2)CCC(C)(C)O3)n[nH]1. The number of ether oxygens (including phenoxy) is 1. The summed E-state index contributed by atoms with van der Waals surface area (Å²) in [6, 6.07) is 5.96. The number of hydrogen-bond acceptors (Lipinski definition) is 4. The highest BCUT2D eigenvalue weighted by atomic mass is 16.5. The maximum absolute atomic E-state index is 12.2. The van der Waals surface area contributed by atoms with Crippen LogP contribution in [0.1, 0.15) is 57.0 Å². The maximum Gasteiger partial charge on any atom is 0.248 e. The molecular weight excluding hydrogens is 304 g/mol. The minimum absolute atomic E-state index is 0.119. The Morgan fingerprint density at radius 1 is 1.42 bits per heavy atom. The van der Waals surface area contributed by atoms with E-state index < -0.39 is 0 Å². The number of aryl methyl sites for hydroxylation is 1. The minimum atomic E-state index is -0.124.